The van der Waals surface area contributed by atoms with Gasteiger partial charge in [0.05, 0.1) is 0 Å². The second-order valence-corrected chi connectivity index (χ2v) is 5.79. The van der Waals surface area contributed by atoms with E-state index in [0.717, 1.165) is 11.1 Å². The number of ether oxygens (including phenoxy) is 1. The molecule has 1 amide bonds. The van der Waals surface area contributed by atoms with Gasteiger partial charge >= 0.3 is 6.09 Å². The molecule has 2 aromatic rings. The summed E-state index contributed by atoms with van der Waals surface area (Å²) in [6.45, 7) is 0.426. The number of carbonyl (C=O) groups is 1. The quantitative estimate of drug-likeness (QED) is 0.788. The Morgan fingerprint density at radius 2 is 1.62 bits per heavy atom. The number of alkyl halides is 2. The highest BCUT2D eigenvalue weighted by Crippen LogP contribution is 2.44. The molecule has 3 rings (SSSR count). The van der Waals surface area contributed by atoms with Gasteiger partial charge in [0, 0.05) is 18.9 Å². The molecule has 1 aliphatic carbocycles. The molecule has 1 aliphatic rings. The maximum Gasteiger partial charge on any atom is 0.407 e. The van der Waals surface area contributed by atoms with Crippen LogP contribution in [-0.4, -0.2) is 25.7 Å². The van der Waals surface area contributed by atoms with Crippen molar-refractivity contribution >= 4 is 6.09 Å². The number of hydrogen-bond donors (Lipinski definition) is 1. The summed E-state index contributed by atoms with van der Waals surface area (Å²) in [6, 6.07) is 16.2. The van der Waals surface area contributed by atoms with Crippen molar-refractivity contribution in [1.29, 1.82) is 0 Å². The van der Waals surface area contributed by atoms with Gasteiger partial charge in [0.1, 0.15) is 6.61 Å². The molecule has 0 aromatic heterocycles. The first kappa shape index (κ1) is 16.4. The zero-order valence-corrected chi connectivity index (χ0v) is 13.2. The molecule has 0 atom stereocenters. The number of benzene rings is 2. The van der Waals surface area contributed by atoms with Crippen molar-refractivity contribution in [3.05, 3.63) is 59.7 Å². The normalized spacial score (nSPS) is 12.8. The first-order valence-electron chi connectivity index (χ1n) is 8.04. The third-order valence-electron chi connectivity index (χ3n) is 4.21. The fraction of sp³-hybridized carbons (Fsp3) is 0.316. The van der Waals surface area contributed by atoms with Gasteiger partial charge in [-0.2, -0.15) is 0 Å². The Bertz CT molecular complexity index is 673. The van der Waals surface area contributed by atoms with Crippen LogP contribution in [0.3, 0.4) is 0 Å². The minimum Gasteiger partial charge on any atom is -0.449 e. The van der Waals surface area contributed by atoms with Crippen molar-refractivity contribution in [2.75, 3.05) is 13.2 Å². The monoisotopic (exact) mass is 331 g/mol. The molecule has 0 saturated heterocycles. The van der Waals surface area contributed by atoms with E-state index in [2.05, 4.69) is 17.4 Å². The SMILES string of the molecule is O=C(NCCCC(F)F)OCC1c2ccccc2-c2ccccc21. The fourth-order valence-corrected chi connectivity index (χ4v) is 3.10. The Kier molecular flexibility index (Phi) is 5.08. The molecular formula is C19H19F2NO2. The molecule has 0 spiro atoms. The molecule has 0 fully saturated rings. The van der Waals surface area contributed by atoms with Gasteiger partial charge in [0.15, 0.2) is 0 Å². The average Bonchev–Trinajstić information content (AvgIpc) is 2.91. The third-order valence-corrected chi connectivity index (χ3v) is 4.21. The molecule has 0 heterocycles. The van der Waals surface area contributed by atoms with Gasteiger partial charge in [-0.25, -0.2) is 13.6 Å². The standard InChI is InChI=1S/C19H19F2NO2/c20-18(21)10-5-11-22-19(23)24-12-17-15-8-3-1-6-13(15)14-7-2-4-9-16(14)17/h1-4,6-9,17-18H,5,10-12H2,(H,22,23). The maximum atomic E-state index is 12.0. The lowest BCUT2D eigenvalue weighted by molar-refractivity contribution is 0.129. The van der Waals surface area contributed by atoms with Crippen LogP contribution < -0.4 is 5.32 Å². The van der Waals surface area contributed by atoms with Crippen LogP contribution in [-0.2, 0) is 4.74 Å². The van der Waals surface area contributed by atoms with E-state index in [1.807, 2.05) is 36.4 Å². The molecule has 0 aliphatic heterocycles. The summed E-state index contributed by atoms with van der Waals surface area (Å²) in [7, 11) is 0. The van der Waals surface area contributed by atoms with E-state index in [0.29, 0.717) is 0 Å². The van der Waals surface area contributed by atoms with Gasteiger partial charge in [0.2, 0.25) is 6.43 Å². The molecule has 0 radical (unpaired) electrons. The second kappa shape index (κ2) is 7.43. The average molecular weight is 331 g/mol. The van der Waals surface area contributed by atoms with Crippen molar-refractivity contribution in [2.45, 2.75) is 25.2 Å². The van der Waals surface area contributed by atoms with Crippen molar-refractivity contribution in [3.8, 4) is 11.1 Å². The lowest BCUT2D eigenvalue weighted by Gasteiger charge is -2.14. The minimum atomic E-state index is -2.34. The van der Waals surface area contributed by atoms with Crippen molar-refractivity contribution in [2.24, 2.45) is 0 Å². The Morgan fingerprint density at radius 1 is 1.04 bits per heavy atom. The summed E-state index contributed by atoms with van der Waals surface area (Å²) < 4.78 is 29.4. The number of hydrogen-bond acceptors (Lipinski definition) is 2. The number of carbonyl (C=O) groups excluding carboxylic acids is 1. The van der Waals surface area contributed by atoms with E-state index >= 15 is 0 Å². The smallest absolute Gasteiger partial charge is 0.407 e. The maximum absolute atomic E-state index is 12.0. The Balaban J connectivity index is 1.60. The molecular weight excluding hydrogens is 312 g/mol. The first-order valence-corrected chi connectivity index (χ1v) is 8.04. The third kappa shape index (κ3) is 3.55. The Hall–Kier alpha value is -2.43. The summed E-state index contributed by atoms with van der Waals surface area (Å²) in [4.78, 5) is 11.7. The van der Waals surface area contributed by atoms with Crippen LogP contribution in [0.15, 0.2) is 48.5 Å². The van der Waals surface area contributed by atoms with Crippen LogP contribution in [0.2, 0.25) is 0 Å². The summed E-state index contributed by atoms with van der Waals surface area (Å²) in [6.07, 6.45) is -2.88. The fourth-order valence-electron chi connectivity index (χ4n) is 3.10. The van der Waals surface area contributed by atoms with Crippen LogP contribution in [0.1, 0.15) is 29.9 Å². The van der Waals surface area contributed by atoms with Gasteiger partial charge in [-0.05, 0) is 28.7 Å². The molecule has 24 heavy (non-hydrogen) atoms. The van der Waals surface area contributed by atoms with Crippen LogP contribution in [0.25, 0.3) is 11.1 Å². The number of alkyl carbamates (subject to hydrolysis) is 1. The highest BCUT2D eigenvalue weighted by molar-refractivity contribution is 5.79. The molecule has 0 unspecified atom stereocenters. The van der Waals surface area contributed by atoms with E-state index < -0.39 is 12.5 Å². The number of nitrogens with one attached hydrogen (secondary N) is 1. The van der Waals surface area contributed by atoms with Crippen LogP contribution >= 0.6 is 0 Å². The molecule has 0 saturated carbocycles. The van der Waals surface area contributed by atoms with E-state index in [4.69, 9.17) is 4.74 Å². The van der Waals surface area contributed by atoms with Crippen LogP contribution in [0, 0.1) is 0 Å². The Labute approximate surface area is 139 Å². The number of rotatable bonds is 6. The van der Waals surface area contributed by atoms with Crippen LogP contribution in [0.4, 0.5) is 13.6 Å². The highest BCUT2D eigenvalue weighted by Gasteiger charge is 2.28. The van der Waals surface area contributed by atoms with Crippen molar-refractivity contribution in [3.63, 3.8) is 0 Å². The molecule has 126 valence electrons. The van der Waals surface area contributed by atoms with Gasteiger partial charge in [-0.1, -0.05) is 48.5 Å². The predicted molar refractivity (Wildman–Crippen MR) is 88.3 cm³/mol. The summed E-state index contributed by atoms with van der Waals surface area (Å²) >= 11 is 0. The van der Waals surface area contributed by atoms with Crippen molar-refractivity contribution in [1.82, 2.24) is 5.32 Å². The zero-order chi connectivity index (χ0) is 16.9. The lowest BCUT2D eigenvalue weighted by Crippen LogP contribution is -2.27. The largest absolute Gasteiger partial charge is 0.449 e. The number of amides is 1. The molecule has 3 nitrogen and oxygen atoms in total. The summed E-state index contributed by atoms with van der Waals surface area (Å²) in [5.41, 5.74) is 4.62. The highest BCUT2D eigenvalue weighted by atomic mass is 19.3. The zero-order valence-electron chi connectivity index (χ0n) is 13.2. The van der Waals surface area contributed by atoms with E-state index in [1.165, 1.54) is 11.1 Å². The van der Waals surface area contributed by atoms with Crippen molar-refractivity contribution < 1.29 is 18.3 Å². The molecule has 5 heteroatoms. The predicted octanol–water partition coefficient (Wildman–Crippen LogP) is 4.57. The van der Waals surface area contributed by atoms with Gasteiger partial charge in [-0.3, -0.25) is 0 Å². The van der Waals surface area contributed by atoms with Crippen LogP contribution in [0.5, 0.6) is 0 Å². The number of halogens is 2. The Morgan fingerprint density at radius 3 is 2.21 bits per heavy atom. The van der Waals surface area contributed by atoms with E-state index in [-0.39, 0.29) is 31.9 Å². The molecule has 2 aromatic carbocycles. The lowest BCUT2D eigenvalue weighted by atomic mass is 9.98. The first-order chi connectivity index (χ1) is 11.7. The topological polar surface area (TPSA) is 38.3 Å². The van der Waals surface area contributed by atoms with Gasteiger partial charge in [0.25, 0.3) is 0 Å². The second-order valence-electron chi connectivity index (χ2n) is 5.79. The van der Waals surface area contributed by atoms with E-state index in [1.54, 1.807) is 0 Å². The van der Waals surface area contributed by atoms with Gasteiger partial charge < -0.3 is 10.1 Å². The summed E-state index contributed by atoms with van der Waals surface area (Å²) in [5, 5.41) is 2.52. The minimum absolute atomic E-state index is 0.00390. The van der Waals surface area contributed by atoms with E-state index in [9.17, 15) is 13.6 Å². The molecule has 0 bridgehead atoms. The van der Waals surface area contributed by atoms with Gasteiger partial charge in [-0.15, -0.1) is 0 Å². The summed E-state index contributed by atoms with van der Waals surface area (Å²) in [5.74, 6) is 0.00390. The number of fused-ring (bicyclic) bond motifs is 3. The molecule has 1 N–H and O–H groups in total.